The van der Waals surface area contributed by atoms with Gasteiger partial charge in [-0.1, -0.05) is 30.3 Å². The minimum Gasteiger partial charge on any atom is -0.353 e. The van der Waals surface area contributed by atoms with Crippen LogP contribution in [0.4, 0.5) is 5.82 Å². The van der Waals surface area contributed by atoms with Gasteiger partial charge in [-0.15, -0.1) is 0 Å². The van der Waals surface area contributed by atoms with Gasteiger partial charge in [0.1, 0.15) is 11.2 Å². The van der Waals surface area contributed by atoms with Gasteiger partial charge in [0.15, 0.2) is 0 Å². The van der Waals surface area contributed by atoms with Crippen molar-refractivity contribution in [2.45, 2.75) is 26.8 Å². The number of hydrogen-bond acceptors (Lipinski definition) is 4. The normalized spacial score (nSPS) is 17.1. The minimum absolute atomic E-state index is 0.0795. The summed E-state index contributed by atoms with van der Waals surface area (Å²) in [7, 11) is 0. The number of aromatic nitrogens is 1. The summed E-state index contributed by atoms with van der Waals surface area (Å²) in [5.41, 5.74) is 1.42. The van der Waals surface area contributed by atoms with E-state index < -0.39 is 5.41 Å². The number of pyridine rings is 1. The number of anilines is 1. The van der Waals surface area contributed by atoms with Crippen LogP contribution in [0.5, 0.6) is 0 Å². The van der Waals surface area contributed by atoms with Gasteiger partial charge < -0.3 is 14.7 Å². The van der Waals surface area contributed by atoms with Crippen LogP contribution in [-0.4, -0.2) is 59.3 Å². The minimum atomic E-state index is -1.06. The van der Waals surface area contributed by atoms with Crippen LogP contribution in [0.2, 0.25) is 0 Å². The summed E-state index contributed by atoms with van der Waals surface area (Å²) in [4.78, 5) is 36.7. The quantitative estimate of drug-likeness (QED) is 0.753. The predicted octanol–water partition coefficient (Wildman–Crippen LogP) is 2.34. The van der Waals surface area contributed by atoms with E-state index in [0.717, 1.165) is 25.3 Å². The van der Waals surface area contributed by atoms with Gasteiger partial charge in [0.25, 0.3) is 0 Å². The molecule has 2 aromatic rings. The molecule has 0 bridgehead atoms. The Kier molecular flexibility index (Phi) is 5.26. The van der Waals surface area contributed by atoms with Crippen LogP contribution < -0.4 is 4.90 Å². The largest absolute Gasteiger partial charge is 0.353 e. The first-order valence-electron chi connectivity index (χ1n) is 10.3. The molecule has 0 unspecified atom stereocenters. The van der Waals surface area contributed by atoms with Gasteiger partial charge in [-0.25, -0.2) is 4.98 Å². The standard InChI is InChI=1S/C23H28N4O2/c1-23(2,22(29)27-12-10-18-7-3-4-8-19(18)17-27)21(28)26-15-13-25(14-16-26)20-9-5-6-11-24-20/h3-9,11H,10,12-17H2,1-2H3. The second-order valence-corrected chi connectivity index (χ2v) is 8.34. The average molecular weight is 393 g/mol. The van der Waals surface area contributed by atoms with Gasteiger partial charge in [-0.3, -0.25) is 9.59 Å². The highest BCUT2D eigenvalue weighted by Gasteiger charge is 2.43. The van der Waals surface area contributed by atoms with Crippen molar-refractivity contribution >= 4 is 17.6 Å². The lowest BCUT2D eigenvalue weighted by molar-refractivity contribution is -0.154. The summed E-state index contributed by atoms with van der Waals surface area (Å²) in [6, 6.07) is 14.1. The Morgan fingerprint density at radius 2 is 1.48 bits per heavy atom. The van der Waals surface area contributed by atoms with E-state index in [-0.39, 0.29) is 11.8 Å². The molecule has 0 atom stereocenters. The highest BCUT2D eigenvalue weighted by Crippen LogP contribution is 2.27. The Balaban J connectivity index is 1.40. The summed E-state index contributed by atoms with van der Waals surface area (Å²) >= 11 is 0. The monoisotopic (exact) mass is 392 g/mol. The molecule has 0 N–H and O–H groups in total. The van der Waals surface area contributed by atoms with Gasteiger partial charge in [-0.05, 0) is 43.5 Å². The topological polar surface area (TPSA) is 56.8 Å². The summed E-state index contributed by atoms with van der Waals surface area (Å²) in [5, 5.41) is 0. The molecule has 0 saturated carbocycles. The summed E-state index contributed by atoms with van der Waals surface area (Å²) in [5.74, 6) is 0.771. The summed E-state index contributed by atoms with van der Waals surface area (Å²) in [6.07, 6.45) is 2.63. The van der Waals surface area contributed by atoms with Crippen LogP contribution in [0.15, 0.2) is 48.7 Å². The van der Waals surface area contributed by atoms with E-state index in [1.165, 1.54) is 11.1 Å². The molecule has 0 aliphatic carbocycles. The number of nitrogens with zero attached hydrogens (tertiary/aromatic N) is 4. The van der Waals surface area contributed by atoms with Gasteiger partial charge in [-0.2, -0.15) is 0 Å². The molecule has 4 rings (SSSR count). The van der Waals surface area contributed by atoms with Crippen molar-refractivity contribution in [1.29, 1.82) is 0 Å². The highest BCUT2D eigenvalue weighted by atomic mass is 16.2. The lowest BCUT2D eigenvalue weighted by atomic mass is 9.87. The molecule has 6 heteroatoms. The Bertz CT molecular complexity index is 889. The van der Waals surface area contributed by atoms with Crippen molar-refractivity contribution in [1.82, 2.24) is 14.8 Å². The Morgan fingerprint density at radius 3 is 2.17 bits per heavy atom. The second-order valence-electron chi connectivity index (χ2n) is 8.34. The molecule has 0 spiro atoms. The SMILES string of the molecule is CC(C)(C(=O)N1CCN(c2ccccn2)CC1)C(=O)N1CCc2ccccc2C1. The van der Waals surface area contributed by atoms with E-state index >= 15 is 0 Å². The molecule has 1 saturated heterocycles. The third kappa shape index (κ3) is 3.84. The van der Waals surface area contributed by atoms with Crippen molar-refractivity contribution in [2.24, 2.45) is 5.41 Å². The zero-order valence-electron chi connectivity index (χ0n) is 17.2. The number of carbonyl (C=O) groups is 2. The van der Waals surface area contributed by atoms with Crippen LogP contribution >= 0.6 is 0 Å². The lowest BCUT2D eigenvalue weighted by Crippen LogP contribution is -2.56. The van der Waals surface area contributed by atoms with Crippen molar-refractivity contribution in [3.05, 3.63) is 59.8 Å². The summed E-state index contributed by atoms with van der Waals surface area (Å²) < 4.78 is 0. The zero-order chi connectivity index (χ0) is 20.4. The Labute approximate surface area is 172 Å². The number of rotatable bonds is 3. The molecule has 29 heavy (non-hydrogen) atoms. The van der Waals surface area contributed by atoms with Gasteiger partial charge in [0.2, 0.25) is 11.8 Å². The smallest absolute Gasteiger partial charge is 0.238 e. The first kappa shape index (κ1) is 19.4. The van der Waals surface area contributed by atoms with Gasteiger partial charge >= 0.3 is 0 Å². The number of piperazine rings is 1. The Morgan fingerprint density at radius 1 is 0.828 bits per heavy atom. The van der Waals surface area contributed by atoms with Gasteiger partial charge in [0, 0.05) is 45.5 Å². The summed E-state index contributed by atoms with van der Waals surface area (Å²) in [6.45, 7) is 7.45. The van der Waals surface area contributed by atoms with E-state index in [4.69, 9.17) is 0 Å². The van der Waals surface area contributed by atoms with Crippen molar-refractivity contribution < 1.29 is 9.59 Å². The first-order valence-corrected chi connectivity index (χ1v) is 10.3. The van der Waals surface area contributed by atoms with E-state index in [1.54, 1.807) is 20.0 Å². The van der Waals surface area contributed by atoms with Crippen molar-refractivity contribution in [3.8, 4) is 0 Å². The molecule has 152 valence electrons. The van der Waals surface area contributed by atoms with Crippen molar-refractivity contribution in [3.63, 3.8) is 0 Å². The van der Waals surface area contributed by atoms with Crippen LogP contribution in [0.1, 0.15) is 25.0 Å². The molecule has 1 aromatic heterocycles. The fourth-order valence-electron chi connectivity index (χ4n) is 4.23. The molecule has 2 amide bonds. The fourth-order valence-corrected chi connectivity index (χ4v) is 4.23. The zero-order valence-corrected chi connectivity index (χ0v) is 17.2. The lowest BCUT2D eigenvalue weighted by Gasteiger charge is -2.40. The predicted molar refractivity (Wildman–Crippen MR) is 112 cm³/mol. The highest BCUT2D eigenvalue weighted by molar-refractivity contribution is 6.04. The van der Waals surface area contributed by atoms with E-state index in [1.807, 2.05) is 40.1 Å². The maximum atomic E-state index is 13.3. The number of carbonyl (C=O) groups excluding carboxylic acids is 2. The molecule has 2 aliphatic rings. The van der Waals surface area contributed by atoms with E-state index in [9.17, 15) is 9.59 Å². The molecule has 1 fully saturated rings. The maximum absolute atomic E-state index is 13.3. The van der Waals surface area contributed by atoms with E-state index in [0.29, 0.717) is 26.2 Å². The number of benzene rings is 1. The average Bonchev–Trinajstić information content (AvgIpc) is 2.78. The molecule has 3 heterocycles. The third-order valence-electron chi connectivity index (χ3n) is 6.03. The van der Waals surface area contributed by atoms with Gasteiger partial charge in [0.05, 0.1) is 0 Å². The number of amides is 2. The van der Waals surface area contributed by atoms with Crippen molar-refractivity contribution in [2.75, 3.05) is 37.6 Å². The molecule has 2 aliphatic heterocycles. The molecule has 1 aromatic carbocycles. The molecule has 0 radical (unpaired) electrons. The molecular formula is C23H28N4O2. The van der Waals surface area contributed by atoms with Crippen LogP contribution in [-0.2, 0) is 22.6 Å². The Hall–Kier alpha value is -2.89. The second kappa shape index (κ2) is 7.85. The number of fused-ring (bicyclic) bond motifs is 1. The van der Waals surface area contributed by atoms with E-state index in [2.05, 4.69) is 22.0 Å². The van der Waals surface area contributed by atoms with Crippen LogP contribution in [0, 0.1) is 5.41 Å². The number of hydrogen-bond donors (Lipinski definition) is 0. The first-order chi connectivity index (χ1) is 14.0. The van der Waals surface area contributed by atoms with Crippen LogP contribution in [0.25, 0.3) is 0 Å². The molecular weight excluding hydrogens is 364 g/mol. The fraction of sp³-hybridized carbons (Fsp3) is 0.435. The molecule has 6 nitrogen and oxygen atoms in total. The maximum Gasteiger partial charge on any atom is 0.238 e. The van der Waals surface area contributed by atoms with Crippen LogP contribution in [0.3, 0.4) is 0 Å². The third-order valence-corrected chi connectivity index (χ3v) is 6.03.